The first kappa shape index (κ1) is 21.7. The molecule has 0 aliphatic heterocycles. The van der Waals surface area contributed by atoms with E-state index >= 15 is 0 Å². The molecule has 0 unspecified atom stereocenters. The summed E-state index contributed by atoms with van der Waals surface area (Å²) in [5.41, 5.74) is -0.331. The van der Waals surface area contributed by atoms with Crippen LogP contribution in [0.15, 0.2) is 9.52 Å². The Balaban J connectivity index is 0.00000312. The van der Waals surface area contributed by atoms with E-state index in [0.29, 0.717) is 30.8 Å². The second-order valence-electron chi connectivity index (χ2n) is 6.47. The third-order valence-corrected chi connectivity index (χ3v) is 4.31. The van der Waals surface area contributed by atoms with E-state index in [2.05, 4.69) is 25.8 Å². The molecule has 2 N–H and O–H groups in total. The van der Waals surface area contributed by atoms with Gasteiger partial charge in [0.15, 0.2) is 11.8 Å². The van der Waals surface area contributed by atoms with Gasteiger partial charge in [0.05, 0.1) is 5.41 Å². The van der Waals surface area contributed by atoms with E-state index in [-0.39, 0.29) is 35.3 Å². The van der Waals surface area contributed by atoms with Crippen LogP contribution in [0.25, 0.3) is 0 Å². The molecule has 1 heterocycles. The number of amides is 1. The number of aryl methyl sites for hydroxylation is 1. The standard InChI is InChI=1S/C16H28N6O2.HI/c1-5-17-15(18-10-13-20-12(2)24-21-13)19-11-16(8-6-7-9-16)14(23)22(3)4;/h5-11H2,1-4H3,(H2,17,18,19);1H. The summed E-state index contributed by atoms with van der Waals surface area (Å²) in [6, 6.07) is 0. The van der Waals surface area contributed by atoms with Crippen molar-refractivity contribution in [3.63, 3.8) is 0 Å². The van der Waals surface area contributed by atoms with Gasteiger partial charge in [-0.1, -0.05) is 18.0 Å². The Morgan fingerprint density at radius 1 is 1.32 bits per heavy atom. The summed E-state index contributed by atoms with van der Waals surface area (Å²) in [5.74, 6) is 1.93. The predicted octanol–water partition coefficient (Wildman–Crippen LogP) is 1.70. The van der Waals surface area contributed by atoms with Crippen LogP contribution in [0.1, 0.15) is 44.3 Å². The number of nitrogens with one attached hydrogen (secondary N) is 2. The van der Waals surface area contributed by atoms with E-state index in [0.717, 1.165) is 32.2 Å². The molecule has 25 heavy (non-hydrogen) atoms. The number of rotatable bonds is 6. The lowest BCUT2D eigenvalue weighted by Gasteiger charge is -2.31. The van der Waals surface area contributed by atoms with Gasteiger partial charge in [0, 0.05) is 34.1 Å². The number of aliphatic imine (C=N–C) groups is 1. The highest BCUT2D eigenvalue weighted by Gasteiger charge is 2.42. The summed E-state index contributed by atoms with van der Waals surface area (Å²) in [4.78, 5) is 22.9. The van der Waals surface area contributed by atoms with E-state index in [1.807, 2.05) is 21.0 Å². The van der Waals surface area contributed by atoms with Gasteiger partial charge in [-0.05, 0) is 19.8 Å². The number of aromatic nitrogens is 2. The molecule has 142 valence electrons. The van der Waals surface area contributed by atoms with E-state index in [9.17, 15) is 4.79 Å². The first-order chi connectivity index (χ1) is 11.5. The number of hydrogen-bond acceptors (Lipinski definition) is 5. The molecule has 1 fully saturated rings. The minimum absolute atomic E-state index is 0. The molecule has 0 bridgehead atoms. The third-order valence-electron chi connectivity index (χ3n) is 4.31. The van der Waals surface area contributed by atoms with Crippen molar-refractivity contribution in [2.24, 2.45) is 10.4 Å². The smallest absolute Gasteiger partial charge is 0.230 e. The summed E-state index contributed by atoms with van der Waals surface area (Å²) in [6.45, 7) is 5.42. The van der Waals surface area contributed by atoms with Crippen LogP contribution in [0.3, 0.4) is 0 Å². The van der Waals surface area contributed by atoms with Crippen molar-refractivity contribution in [3.05, 3.63) is 11.7 Å². The lowest BCUT2D eigenvalue weighted by Crippen LogP contribution is -2.49. The zero-order valence-corrected chi connectivity index (χ0v) is 17.8. The van der Waals surface area contributed by atoms with Gasteiger partial charge in [0.25, 0.3) is 0 Å². The number of halogens is 1. The van der Waals surface area contributed by atoms with Crippen LogP contribution >= 0.6 is 24.0 Å². The van der Waals surface area contributed by atoms with Crippen molar-refractivity contribution in [2.45, 2.75) is 46.1 Å². The largest absolute Gasteiger partial charge is 0.357 e. The Kier molecular flexibility index (Phi) is 8.60. The monoisotopic (exact) mass is 464 g/mol. The van der Waals surface area contributed by atoms with Crippen molar-refractivity contribution in [1.29, 1.82) is 0 Å². The average Bonchev–Trinajstić information content (AvgIpc) is 3.19. The van der Waals surface area contributed by atoms with Crippen molar-refractivity contribution >= 4 is 35.8 Å². The second-order valence-corrected chi connectivity index (χ2v) is 6.47. The first-order valence-corrected chi connectivity index (χ1v) is 8.50. The minimum atomic E-state index is -0.331. The zero-order chi connectivity index (χ0) is 17.6. The maximum absolute atomic E-state index is 12.6. The Bertz CT molecular complexity index is 581. The van der Waals surface area contributed by atoms with Crippen LogP contribution in [-0.2, 0) is 11.3 Å². The van der Waals surface area contributed by atoms with Crippen molar-refractivity contribution in [2.75, 3.05) is 27.2 Å². The Morgan fingerprint density at radius 3 is 2.52 bits per heavy atom. The van der Waals surface area contributed by atoms with Gasteiger partial charge in [-0.25, -0.2) is 4.99 Å². The lowest BCUT2D eigenvalue weighted by molar-refractivity contribution is -0.138. The third kappa shape index (κ3) is 5.82. The fraction of sp³-hybridized carbons (Fsp3) is 0.750. The molecule has 1 aromatic rings. The van der Waals surface area contributed by atoms with Crippen molar-refractivity contribution in [3.8, 4) is 0 Å². The number of hydrogen-bond donors (Lipinski definition) is 2. The molecule has 1 aliphatic carbocycles. The molecule has 8 nitrogen and oxygen atoms in total. The normalized spacial score (nSPS) is 16.2. The Morgan fingerprint density at radius 2 is 2.00 bits per heavy atom. The highest BCUT2D eigenvalue weighted by Crippen LogP contribution is 2.38. The number of nitrogens with zero attached hydrogens (tertiary/aromatic N) is 4. The van der Waals surface area contributed by atoms with Gasteiger partial charge < -0.3 is 20.1 Å². The Hall–Kier alpha value is -1.39. The number of guanidine groups is 1. The van der Waals surface area contributed by atoms with Crippen molar-refractivity contribution in [1.82, 2.24) is 25.7 Å². The van der Waals surface area contributed by atoms with Gasteiger partial charge in [-0.15, -0.1) is 24.0 Å². The molecule has 0 atom stereocenters. The Labute approximate surface area is 166 Å². The van der Waals surface area contributed by atoms with Crippen LogP contribution in [0.2, 0.25) is 0 Å². The summed E-state index contributed by atoms with van der Waals surface area (Å²) in [5, 5.41) is 10.4. The molecular formula is C16H29IN6O2. The summed E-state index contributed by atoms with van der Waals surface area (Å²) >= 11 is 0. The minimum Gasteiger partial charge on any atom is -0.357 e. The molecule has 0 aromatic carbocycles. The number of carbonyl (C=O) groups is 1. The maximum atomic E-state index is 12.6. The number of carbonyl (C=O) groups excluding carboxylic acids is 1. The van der Waals surface area contributed by atoms with Gasteiger partial charge in [-0.2, -0.15) is 4.98 Å². The lowest BCUT2D eigenvalue weighted by atomic mass is 9.84. The second kappa shape index (κ2) is 9.93. The maximum Gasteiger partial charge on any atom is 0.230 e. The van der Waals surface area contributed by atoms with E-state index in [1.165, 1.54) is 0 Å². The highest BCUT2D eigenvalue weighted by molar-refractivity contribution is 14.0. The summed E-state index contributed by atoms with van der Waals surface area (Å²) in [7, 11) is 3.64. The van der Waals surface area contributed by atoms with E-state index < -0.39 is 0 Å². The van der Waals surface area contributed by atoms with E-state index in [4.69, 9.17) is 4.52 Å². The topological polar surface area (TPSA) is 95.6 Å². The fourth-order valence-electron chi connectivity index (χ4n) is 3.14. The zero-order valence-electron chi connectivity index (χ0n) is 15.5. The fourth-order valence-corrected chi connectivity index (χ4v) is 3.14. The SMILES string of the molecule is CCNC(=NCc1noc(C)n1)NCC1(C(=O)N(C)C)CCCC1.I. The van der Waals surface area contributed by atoms with Crippen LogP contribution in [0.5, 0.6) is 0 Å². The molecule has 0 radical (unpaired) electrons. The molecular weight excluding hydrogens is 435 g/mol. The first-order valence-electron chi connectivity index (χ1n) is 8.50. The molecule has 1 aromatic heterocycles. The van der Waals surface area contributed by atoms with Crippen LogP contribution < -0.4 is 10.6 Å². The van der Waals surface area contributed by atoms with Gasteiger partial charge in [0.1, 0.15) is 6.54 Å². The molecule has 9 heteroatoms. The van der Waals surface area contributed by atoms with Crippen molar-refractivity contribution < 1.29 is 9.32 Å². The van der Waals surface area contributed by atoms with E-state index in [1.54, 1.807) is 11.8 Å². The molecule has 0 spiro atoms. The van der Waals surface area contributed by atoms with Gasteiger partial charge in [-0.3, -0.25) is 4.79 Å². The van der Waals surface area contributed by atoms with Crippen LogP contribution in [-0.4, -0.2) is 54.1 Å². The summed E-state index contributed by atoms with van der Waals surface area (Å²) < 4.78 is 4.95. The summed E-state index contributed by atoms with van der Waals surface area (Å²) in [6.07, 6.45) is 4.02. The molecule has 1 saturated carbocycles. The molecule has 2 rings (SSSR count). The molecule has 0 saturated heterocycles. The molecule has 1 aliphatic rings. The van der Waals surface area contributed by atoms with Gasteiger partial charge in [0.2, 0.25) is 11.8 Å². The average molecular weight is 464 g/mol. The highest BCUT2D eigenvalue weighted by atomic mass is 127. The van der Waals surface area contributed by atoms with Crippen LogP contribution in [0, 0.1) is 12.3 Å². The van der Waals surface area contributed by atoms with Crippen LogP contribution in [0.4, 0.5) is 0 Å². The quantitative estimate of drug-likeness (QED) is 0.378. The van der Waals surface area contributed by atoms with Gasteiger partial charge >= 0.3 is 0 Å². The predicted molar refractivity (Wildman–Crippen MR) is 107 cm³/mol. The molecule has 1 amide bonds.